The van der Waals surface area contributed by atoms with Crippen LogP contribution >= 0.6 is 0 Å². The highest BCUT2D eigenvalue weighted by Crippen LogP contribution is 2.20. The zero-order valence-corrected chi connectivity index (χ0v) is 10.6. The SMILES string of the molecule is N#Cc1ccc2ncnc(NCc3ccncc3)c2c1. The van der Waals surface area contributed by atoms with E-state index in [1.807, 2.05) is 18.2 Å². The predicted molar refractivity (Wildman–Crippen MR) is 75.8 cm³/mol. The molecule has 96 valence electrons. The van der Waals surface area contributed by atoms with Crippen LogP contribution in [0.5, 0.6) is 0 Å². The van der Waals surface area contributed by atoms with Crippen LogP contribution in [0.25, 0.3) is 10.9 Å². The molecule has 2 heterocycles. The molecule has 0 fully saturated rings. The number of nitriles is 1. The second-order valence-electron chi connectivity index (χ2n) is 4.28. The summed E-state index contributed by atoms with van der Waals surface area (Å²) in [4.78, 5) is 12.4. The van der Waals surface area contributed by atoms with Gasteiger partial charge in [-0.1, -0.05) is 0 Å². The number of anilines is 1. The number of rotatable bonds is 3. The van der Waals surface area contributed by atoms with Crippen molar-refractivity contribution in [2.45, 2.75) is 6.54 Å². The minimum Gasteiger partial charge on any atom is -0.365 e. The van der Waals surface area contributed by atoms with Crippen LogP contribution in [-0.4, -0.2) is 15.0 Å². The lowest BCUT2D eigenvalue weighted by Gasteiger charge is -2.08. The van der Waals surface area contributed by atoms with Crippen LogP contribution in [0.4, 0.5) is 5.82 Å². The van der Waals surface area contributed by atoms with Crippen molar-refractivity contribution in [3.05, 3.63) is 60.2 Å². The number of hydrogen-bond acceptors (Lipinski definition) is 5. The lowest BCUT2D eigenvalue weighted by Crippen LogP contribution is -2.02. The van der Waals surface area contributed by atoms with Crippen LogP contribution in [0.2, 0.25) is 0 Å². The second-order valence-corrected chi connectivity index (χ2v) is 4.28. The molecule has 20 heavy (non-hydrogen) atoms. The van der Waals surface area contributed by atoms with E-state index in [9.17, 15) is 0 Å². The molecular weight excluding hydrogens is 250 g/mol. The van der Waals surface area contributed by atoms with Crippen molar-refractivity contribution >= 4 is 16.7 Å². The summed E-state index contributed by atoms with van der Waals surface area (Å²) in [6.07, 6.45) is 5.02. The number of fused-ring (bicyclic) bond motifs is 1. The van der Waals surface area contributed by atoms with Crippen LogP contribution in [0.3, 0.4) is 0 Å². The van der Waals surface area contributed by atoms with Gasteiger partial charge in [-0.05, 0) is 35.9 Å². The molecule has 0 atom stereocenters. The summed E-state index contributed by atoms with van der Waals surface area (Å²) in [7, 11) is 0. The minimum absolute atomic E-state index is 0.597. The third-order valence-electron chi connectivity index (χ3n) is 2.97. The fourth-order valence-corrected chi connectivity index (χ4v) is 1.95. The molecule has 0 bridgehead atoms. The summed E-state index contributed by atoms with van der Waals surface area (Å²) in [6.45, 7) is 0.644. The summed E-state index contributed by atoms with van der Waals surface area (Å²) >= 11 is 0. The fourth-order valence-electron chi connectivity index (χ4n) is 1.95. The zero-order chi connectivity index (χ0) is 13.8. The lowest BCUT2D eigenvalue weighted by atomic mass is 10.1. The van der Waals surface area contributed by atoms with Gasteiger partial charge in [0.1, 0.15) is 12.1 Å². The zero-order valence-electron chi connectivity index (χ0n) is 10.6. The number of nitrogens with zero attached hydrogens (tertiary/aromatic N) is 4. The van der Waals surface area contributed by atoms with Gasteiger partial charge < -0.3 is 5.32 Å². The molecule has 5 nitrogen and oxygen atoms in total. The Morgan fingerprint density at radius 3 is 2.75 bits per heavy atom. The van der Waals surface area contributed by atoms with E-state index in [-0.39, 0.29) is 0 Å². The molecule has 0 radical (unpaired) electrons. The highest BCUT2D eigenvalue weighted by molar-refractivity contribution is 5.89. The first kappa shape index (κ1) is 12.1. The van der Waals surface area contributed by atoms with E-state index in [4.69, 9.17) is 5.26 Å². The highest BCUT2D eigenvalue weighted by atomic mass is 15.0. The highest BCUT2D eigenvalue weighted by Gasteiger charge is 2.04. The van der Waals surface area contributed by atoms with E-state index in [0.717, 1.165) is 22.3 Å². The standard InChI is InChI=1S/C15H11N5/c16-8-12-1-2-14-13(7-12)15(20-10-19-14)18-9-11-3-5-17-6-4-11/h1-7,10H,9H2,(H,18,19,20). The molecule has 5 heteroatoms. The first-order valence-corrected chi connectivity index (χ1v) is 6.14. The largest absolute Gasteiger partial charge is 0.365 e. The Morgan fingerprint density at radius 1 is 1.10 bits per heavy atom. The van der Waals surface area contributed by atoms with E-state index in [1.165, 1.54) is 6.33 Å². The van der Waals surface area contributed by atoms with Crippen LogP contribution in [-0.2, 0) is 6.54 Å². The smallest absolute Gasteiger partial charge is 0.137 e. The van der Waals surface area contributed by atoms with Gasteiger partial charge >= 0.3 is 0 Å². The average molecular weight is 261 g/mol. The van der Waals surface area contributed by atoms with Crippen molar-refractivity contribution in [1.29, 1.82) is 5.26 Å². The maximum absolute atomic E-state index is 8.98. The normalized spacial score (nSPS) is 10.2. The Labute approximate surface area is 116 Å². The van der Waals surface area contributed by atoms with E-state index < -0.39 is 0 Å². The molecule has 2 aromatic heterocycles. The van der Waals surface area contributed by atoms with E-state index >= 15 is 0 Å². The Kier molecular flexibility index (Phi) is 3.21. The van der Waals surface area contributed by atoms with Gasteiger partial charge in [-0.2, -0.15) is 5.26 Å². The lowest BCUT2D eigenvalue weighted by molar-refractivity contribution is 1.09. The minimum atomic E-state index is 0.597. The average Bonchev–Trinajstić information content (AvgIpc) is 2.53. The second kappa shape index (κ2) is 5.33. The van der Waals surface area contributed by atoms with Crippen molar-refractivity contribution in [3.63, 3.8) is 0 Å². The molecular formula is C15H11N5. The molecule has 0 aliphatic carbocycles. The Hall–Kier alpha value is -3.00. The van der Waals surface area contributed by atoms with Crippen LogP contribution in [0, 0.1) is 11.3 Å². The number of hydrogen-bond donors (Lipinski definition) is 1. The Balaban J connectivity index is 1.93. The molecule has 0 saturated heterocycles. The summed E-state index contributed by atoms with van der Waals surface area (Å²) in [6, 6.07) is 11.4. The van der Waals surface area contributed by atoms with Crippen molar-refractivity contribution in [3.8, 4) is 6.07 Å². The maximum atomic E-state index is 8.98. The quantitative estimate of drug-likeness (QED) is 0.784. The van der Waals surface area contributed by atoms with Gasteiger partial charge in [0.15, 0.2) is 0 Å². The van der Waals surface area contributed by atoms with Crippen LogP contribution in [0.1, 0.15) is 11.1 Å². The van der Waals surface area contributed by atoms with Crippen LogP contribution < -0.4 is 5.32 Å². The van der Waals surface area contributed by atoms with E-state index in [1.54, 1.807) is 24.5 Å². The van der Waals surface area contributed by atoms with Gasteiger partial charge in [-0.15, -0.1) is 0 Å². The Bertz CT molecular complexity index is 777. The summed E-state index contributed by atoms with van der Waals surface area (Å²) in [5.74, 6) is 0.726. The summed E-state index contributed by atoms with van der Waals surface area (Å²) < 4.78 is 0. The Morgan fingerprint density at radius 2 is 1.95 bits per heavy atom. The summed E-state index contributed by atoms with van der Waals surface area (Å²) in [5.41, 5.74) is 2.53. The van der Waals surface area contributed by atoms with Gasteiger partial charge in [0.2, 0.25) is 0 Å². The summed E-state index contributed by atoms with van der Waals surface area (Å²) in [5, 5.41) is 13.1. The third kappa shape index (κ3) is 2.40. The molecule has 0 saturated carbocycles. The topological polar surface area (TPSA) is 74.5 Å². The van der Waals surface area contributed by atoms with E-state index in [2.05, 4.69) is 26.3 Å². The van der Waals surface area contributed by atoms with Gasteiger partial charge in [-0.3, -0.25) is 4.98 Å². The molecule has 3 rings (SSSR count). The molecule has 1 aromatic carbocycles. The van der Waals surface area contributed by atoms with Crippen molar-refractivity contribution < 1.29 is 0 Å². The number of aromatic nitrogens is 3. The molecule has 3 aromatic rings. The first-order valence-electron chi connectivity index (χ1n) is 6.14. The predicted octanol–water partition coefficient (Wildman–Crippen LogP) is 2.51. The fraction of sp³-hybridized carbons (Fsp3) is 0.0667. The molecule has 0 amide bonds. The van der Waals surface area contributed by atoms with Crippen molar-refractivity contribution in [2.75, 3.05) is 5.32 Å². The maximum Gasteiger partial charge on any atom is 0.137 e. The molecule has 0 aliphatic heterocycles. The first-order chi connectivity index (χ1) is 9.86. The van der Waals surface area contributed by atoms with E-state index in [0.29, 0.717) is 12.1 Å². The van der Waals surface area contributed by atoms with Gasteiger partial charge in [0, 0.05) is 24.3 Å². The molecule has 1 N–H and O–H groups in total. The molecule has 0 unspecified atom stereocenters. The van der Waals surface area contributed by atoms with Crippen molar-refractivity contribution in [2.24, 2.45) is 0 Å². The molecule has 0 spiro atoms. The van der Waals surface area contributed by atoms with Gasteiger partial charge in [-0.25, -0.2) is 9.97 Å². The van der Waals surface area contributed by atoms with Gasteiger partial charge in [0.05, 0.1) is 17.1 Å². The number of pyridine rings is 1. The third-order valence-corrected chi connectivity index (χ3v) is 2.97. The van der Waals surface area contributed by atoms with Crippen LogP contribution in [0.15, 0.2) is 49.1 Å². The molecule has 0 aliphatic rings. The monoisotopic (exact) mass is 261 g/mol. The van der Waals surface area contributed by atoms with Gasteiger partial charge in [0.25, 0.3) is 0 Å². The number of nitrogens with one attached hydrogen (secondary N) is 1. The van der Waals surface area contributed by atoms with Crippen molar-refractivity contribution in [1.82, 2.24) is 15.0 Å². The number of benzene rings is 1.